The van der Waals surface area contributed by atoms with Gasteiger partial charge in [-0.2, -0.15) is 0 Å². The van der Waals surface area contributed by atoms with Gasteiger partial charge in [0.1, 0.15) is 0 Å². The van der Waals surface area contributed by atoms with Gasteiger partial charge in [0.2, 0.25) is 0 Å². The Hall–Kier alpha value is -1.59. The lowest BCUT2D eigenvalue weighted by Crippen LogP contribution is -2.36. The molecule has 0 heterocycles. The van der Waals surface area contributed by atoms with E-state index >= 15 is 0 Å². The van der Waals surface area contributed by atoms with E-state index in [-0.39, 0.29) is 5.91 Å². The molecule has 118 valence electrons. The maximum Gasteiger partial charge on any atom is 0.254 e. The third-order valence-electron chi connectivity index (χ3n) is 3.41. The quantitative estimate of drug-likeness (QED) is 0.740. The summed E-state index contributed by atoms with van der Waals surface area (Å²) >= 11 is 0. The first-order valence-electron chi connectivity index (χ1n) is 7.24. The number of nitrogen functional groups attached to an aromatic ring is 1. The molecule has 0 aliphatic heterocycles. The van der Waals surface area contributed by atoms with Crippen LogP contribution in [0.4, 0.5) is 5.69 Å². The first kappa shape index (κ1) is 17.5. The number of amides is 1. The van der Waals surface area contributed by atoms with Crippen LogP contribution in [0, 0.1) is 6.92 Å². The molecule has 1 amide bonds. The van der Waals surface area contributed by atoms with E-state index in [4.69, 9.17) is 10.5 Å². The molecule has 1 rings (SSSR count). The number of methoxy groups -OCH3 is 1. The minimum absolute atomic E-state index is 0.0116. The molecule has 0 aliphatic rings. The summed E-state index contributed by atoms with van der Waals surface area (Å²) in [4.78, 5) is 16.5. The Bertz CT molecular complexity index is 461. The normalized spacial score (nSPS) is 10.9. The predicted molar refractivity (Wildman–Crippen MR) is 86.5 cm³/mol. The van der Waals surface area contributed by atoms with Crippen molar-refractivity contribution in [3.8, 4) is 0 Å². The number of carbonyl (C=O) groups is 1. The van der Waals surface area contributed by atoms with Crippen LogP contribution in [0.2, 0.25) is 0 Å². The SMILES string of the molecule is COCCN(CCCN(C)C)C(=O)c1ccc(C)c(N)c1. The second kappa shape index (κ2) is 8.64. The first-order chi connectivity index (χ1) is 9.95. The van der Waals surface area contributed by atoms with Crippen molar-refractivity contribution in [3.05, 3.63) is 29.3 Å². The molecule has 21 heavy (non-hydrogen) atoms. The summed E-state index contributed by atoms with van der Waals surface area (Å²) in [5.74, 6) is 0.0116. The maximum atomic E-state index is 12.6. The van der Waals surface area contributed by atoms with E-state index in [2.05, 4.69) is 4.90 Å². The van der Waals surface area contributed by atoms with Crippen molar-refractivity contribution in [1.82, 2.24) is 9.80 Å². The molecule has 0 saturated carbocycles. The van der Waals surface area contributed by atoms with Crippen LogP contribution >= 0.6 is 0 Å². The third kappa shape index (κ3) is 5.73. The van der Waals surface area contributed by atoms with Crippen LogP contribution in [-0.4, -0.2) is 63.2 Å². The molecule has 0 spiro atoms. The summed E-state index contributed by atoms with van der Waals surface area (Å²) in [5.41, 5.74) is 8.18. The van der Waals surface area contributed by atoms with Gasteiger partial charge in [-0.3, -0.25) is 4.79 Å². The second-order valence-corrected chi connectivity index (χ2v) is 5.51. The van der Waals surface area contributed by atoms with E-state index in [0.717, 1.165) is 18.5 Å². The molecule has 0 radical (unpaired) electrons. The molecule has 0 unspecified atom stereocenters. The molecule has 0 atom stereocenters. The van der Waals surface area contributed by atoms with Gasteiger partial charge >= 0.3 is 0 Å². The summed E-state index contributed by atoms with van der Waals surface area (Å²) in [6.45, 7) is 4.73. The Morgan fingerprint density at radius 1 is 1.24 bits per heavy atom. The highest BCUT2D eigenvalue weighted by molar-refractivity contribution is 5.95. The Labute approximate surface area is 127 Å². The summed E-state index contributed by atoms with van der Waals surface area (Å²) < 4.78 is 5.10. The molecule has 2 N–H and O–H groups in total. The maximum absolute atomic E-state index is 12.6. The fourth-order valence-electron chi connectivity index (χ4n) is 2.05. The van der Waals surface area contributed by atoms with Gasteiger partial charge in [-0.15, -0.1) is 0 Å². The lowest BCUT2D eigenvalue weighted by Gasteiger charge is -2.23. The van der Waals surface area contributed by atoms with E-state index in [1.807, 2.05) is 38.1 Å². The zero-order chi connectivity index (χ0) is 15.8. The Kier molecular flexibility index (Phi) is 7.19. The van der Waals surface area contributed by atoms with Gasteiger partial charge in [-0.05, 0) is 51.7 Å². The Morgan fingerprint density at radius 3 is 2.52 bits per heavy atom. The van der Waals surface area contributed by atoms with Crippen LogP contribution in [0.1, 0.15) is 22.3 Å². The minimum Gasteiger partial charge on any atom is -0.398 e. The molecule has 0 fully saturated rings. The van der Waals surface area contributed by atoms with Gasteiger partial charge in [0, 0.05) is 31.5 Å². The molecular weight excluding hydrogens is 266 g/mol. The van der Waals surface area contributed by atoms with Crippen molar-refractivity contribution in [2.75, 3.05) is 53.2 Å². The number of hydrogen-bond donors (Lipinski definition) is 1. The minimum atomic E-state index is 0.0116. The fraction of sp³-hybridized carbons (Fsp3) is 0.562. The summed E-state index contributed by atoms with van der Waals surface area (Å²) in [7, 11) is 5.70. The predicted octanol–water partition coefficient (Wildman–Crippen LogP) is 1.62. The Morgan fingerprint density at radius 2 is 1.95 bits per heavy atom. The van der Waals surface area contributed by atoms with Crippen molar-refractivity contribution < 1.29 is 9.53 Å². The number of benzene rings is 1. The number of rotatable bonds is 8. The van der Waals surface area contributed by atoms with Crippen LogP contribution in [0.25, 0.3) is 0 Å². The molecule has 5 heteroatoms. The van der Waals surface area contributed by atoms with Crippen LogP contribution in [-0.2, 0) is 4.74 Å². The van der Waals surface area contributed by atoms with Gasteiger partial charge in [0.05, 0.1) is 6.61 Å². The van der Waals surface area contributed by atoms with E-state index in [9.17, 15) is 4.79 Å². The van der Waals surface area contributed by atoms with Crippen LogP contribution in [0.3, 0.4) is 0 Å². The van der Waals surface area contributed by atoms with E-state index < -0.39 is 0 Å². The van der Waals surface area contributed by atoms with Crippen molar-refractivity contribution in [2.45, 2.75) is 13.3 Å². The van der Waals surface area contributed by atoms with Gasteiger partial charge < -0.3 is 20.3 Å². The van der Waals surface area contributed by atoms with Gasteiger partial charge in [-0.25, -0.2) is 0 Å². The largest absolute Gasteiger partial charge is 0.398 e. The molecule has 0 saturated heterocycles. The Balaban J connectivity index is 2.75. The summed E-state index contributed by atoms with van der Waals surface area (Å²) in [5, 5.41) is 0. The number of nitrogens with two attached hydrogens (primary N) is 1. The van der Waals surface area contributed by atoms with Gasteiger partial charge in [-0.1, -0.05) is 6.07 Å². The van der Waals surface area contributed by atoms with Crippen LogP contribution < -0.4 is 5.73 Å². The number of carbonyl (C=O) groups excluding carboxylic acids is 1. The number of ether oxygens (including phenoxy) is 1. The number of hydrogen-bond acceptors (Lipinski definition) is 4. The molecule has 1 aromatic rings. The summed E-state index contributed by atoms with van der Waals surface area (Å²) in [6, 6.07) is 5.47. The third-order valence-corrected chi connectivity index (χ3v) is 3.41. The molecule has 1 aromatic carbocycles. The molecule has 5 nitrogen and oxygen atoms in total. The zero-order valence-electron chi connectivity index (χ0n) is 13.6. The van der Waals surface area contributed by atoms with Gasteiger partial charge in [0.25, 0.3) is 5.91 Å². The zero-order valence-corrected chi connectivity index (χ0v) is 13.6. The molecule has 0 aromatic heterocycles. The van der Waals surface area contributed by atoms with Gasteiger partial charge in [0.15, 0.2) is 0 Å². The molecule has 0 aliphatic carbocycles. The van der Waals surface area contributed by atoms with Crippen LogP contribution in [0.15, 0.2) is 18.2 Å². The fourth-order valence-corrected chi connectivity index (χ4v) is 2.05. The monoisotopic (exact) mass is 293 g/mol. The smallest absolute Gasteiger partial charge is 0.254 e. The second-order valence-electron chi connectivity index (χ2n) is 5.51. The van der Waals surface area contributed by atoms with Crippen molar-refractivity contribution in [2.24, 2.45) is 0 Å². The van der Waals surface area contributed by atoms with Crippen LogP contribution in [0.5, 0.6) is 0 Å². The number of aryl methyl sites for hydroxylation is 1. The lowest BCUT2D eigenvalue weighted by molar-refractivity contribution is 0.0689. The van der Waals surface area contributed by atoms with Crippen molar-refractivity contribution in [3.63, 3.8) is 0 Å². The molecule has 0 bridgehead atoms. The lowest BCUT2D eigenvalue weighted by atomic mass is 10.1. The van der Waals surface area contributed by atoms with Crippen molar-refractivity contribution in [1.29, 1.82) is 0 Å². The average molecular weight is 293 g/mol. The highest BCUT2D eigenvalue weighted by Gasteiger charge is 2.16. The standard InChI is InChI=1S/C16H27N3O2/c1-13-6-7-14(12-15(13)17)16(20)19(10-11-21-4)9-5-8-18(2)3/h6-7,12H,5,8-11,17H2,1-4H3. The first-order valence-corrected chi connectivity index (χ1v) is 7.24. The number of nitrogens with zero attached hydrogens (tertiary/aromatic N) is 2. The average Bonchev–Trinajstić information content (AvgIpc) is 2.44. The highest BCUT2D eigenvalue weighted by atomic mass is 16.5. The number of anilines is 1. The highest BCUT2D eigenvalue weighted by Crippen LogP contribution is 2.15. The summed E-state index contributed by atoms with van der Waals surface area (Å²) in [6.07, 6.45) is 0.934. The van der Waals surface area contributed by atoms with Crippen molar-refractivity contribution >= 4 is 11.6 Å². The molecular formula is C16H27N3O2. The van der Waals surface area contributed by atoms with E-state index in [1.54, 1.807) is 13.2 Å². The van der Waals surface area contributed by atoms with E-state index in [0.29, 0.717) is 30.9 Å². The topological polar surface area (TPSA) is 58.8 Å². The van der Waals surface area contributed by atoms with E-state index in [1.165, 1.54) is 0 Å².